The van der Waals surface area contributed by atoms with E-state index in [1.807, 2.05) is 4.98 Å². The van der Waals surface area contributed by atoms with E-state index in [-0.39, 0.29) is 5.57 Å². The maximum Gasteiger partial charge on any atom is 0.488 e. The monoisotopic (exact) mass is 540 g/mol. The van der Waals surface area contributed by atoms with Gasteiger partial charge in [0.15, 0.2) is 11.8 Å². The molecule has 0 radical (unpaired) electrons. The number of nitrogens with zero attached hydrogens (tertiary/aromatic N) is 1. The highest BCUT2D eigenvalue weighted by atomic mass is 32.5. The largest absolute Gasteiger partial charge is 0.488 e. The zero-order chi connectivity index (χ0) is 24.7. The van der Waals surface area contributed by atoms with Crippen LogP contribution in [0.25, 0.3) is 0 Å². The zero-order valence-corrected chi connectivity index (χ0v) is 19.4. The lowest BCUT2D eigenvalue weighted by Crippen LogP contribution is -2.49. The van der Waals surface area contributed by atoms with E-state index >= 15 is 0 Å². The molecule has 0 amide bonds. The van der Waals surface area contributed by atoms with Gasteiger partial charge >= 0.3 is 28.1 Å². The fraction of sp³-hybridized carbons (Fsp3) is 0.500. The van der Waals surface area contributed by atoms with Crippen LogP contribution in [0.1, 0.15) is 13.2 Å². The molecule has 2 unspecified atom stereocenters. The van der Waals surface area contributed by atoms with Crippen molar-refractivity contribution < 1.29 is 56.8 Å². The number of H-pyrrole nitrogens is 1. The molecule has 32 heavy (non-hydrogen) atoms. The second-order valence-electron chi connectivity index (χ2n) is 6.48. The first kappa shape index (κ1) is 27.4. The Bertz CT molecular complexity index is 1140. The molecule has 0 spiro atoms. The lowest BCUT2D eigenvalue weighted by Gasteiger charge is -2.32. The lowest BCUT2D eigenvalue weighted by atomic mass is 9.87. The molecular formula is C12H19N2O14P3S. The predicted molar refractivity (Wildman–Crippen MR) is 107 cm³/mol. The summed E-state index contributed by atoms with van der Waals surface area (Å²) in [6.45, 7) is -0.757. The number of aliphatic hydroxyl groups is 2. The first-order chi connectivity index (χ1) is 14.4. The number of ether oxygens (including phenoxy) is 1. The van der Waals surface area contributed by atoms with Gasteiger partial charge in [-0.15, -0.1) is 0 Å². The van der Waals surface area contributed by atoms with Crippen molar-refractivity contribution in [1.29, 1.82) is 0 Å². The highest BCUT2D eigenvalue weighted by Crippen LogP contribution is 2.66. The molecule has 1 aromatic heterocycles. The van der Waals surface area contributed by atoms with E-state index in [9.17, 15) is 38.7 Å². The van der Waals surface area contributed by atoms with E-state index in [1.165, 1.54) is 6.92 Å². The fourth-order valence-corrected chi connectivity index (χ4v) is 6.70. The molecule has 6 atom stereocenters. The molecule has 1 fully saturated rings. The third-order valence-electron chi connectivity index (χ3n) is 4.09. The van der Waals surface area contributed by atoms with Crippen LogP contribution >= 0.6 is 22.4 Å². The molecule has 1 aliphatic heterocycles. The number of aliphatic hydroxyl groups excluding tert-OH is 1. The fourth-order valence-electron chi connectivity index (χ4n) is 2.73. The van der Waals surface area contributed by atoms with E-state index in [4.69, 9.17) is 19.0 Å². The molecule has 16 nitrogen and oxygen atoms in total. The van der Waals surface area contributed by atoms with Crippen LogP contribution in [0.2, 0.25) is 0 Å². The summed E-state index contributed by atoms with van der Waals surface area (Å²) in [5.41, 5.74) is -4.11. The summed E-state index contributed by atoms with van der Waals surface area (Å²) >= 11 is 4.47. The van der Waals surface area contributed by atoms with Crippen LogP contribution in [0.5, 0.6) is 0 Å². The SMILES string of the molecule is C=C(C)[C@]1(O)C(n2ccc(=O)[nH]c2=O)O[C@H](CO[P@](O)(=S)OP(=O)(O)OP(=O)(O)O)[C@H]1O. The molecule has 0 aromatic carbocycles. The van der Waals surface area contributed by atoms with Crippen molar-refractivity contribution in [2.45, 2.75) is 31.0 Å². The third kappa shape index (κ3) is 6.38. The van der Waals surface area contributed by atoms with Gasteiger partial charge in [-0.2, -0.15) is 4.31 Å². The Balaban J connectivity index is 2.24. The summed E-state index contributed by atoms with van der Waals surface area (Å²) in [7, 11) is -11.1. The Morgan fingerprint density at radius 2 is 1.91 bits per heavy atom. The molecule has 20 heteroatoms. The van der Waals surface area contributed by atoms with E-state index < -0.39 is 64.3 Å². The Morgan fingerprint density at radius 3 is 2.41 bits per heavy atom. The summed E-state index contributed by atoms with van der Waals surface area (Å²) in [6.07, 6.45) is -4.05. The van der Waals surface area contributed by atoms with E-state index in [1.54, 1.807) is 0 Å². The van der Waals surface area contributed by atoms with Gasteiger partial charge < -0.3 is 39.0 Å². The van der Waals surface area contributed by atoms with Crippen LogP contribution in [-0.2, 0) is 38.8 Å². The van der Waals surface area contributed by atoms with Crippen molar-refractivity contribution in [3.05, 3.63) is 45.3 Å². The highest BCUT2D eigenvalue weighted by Gasteiger charge is 2.57. The number of aromatic nitrogens is 2. The average molecular weight is 540 g/mol. The van der Waals surface area contributed by atoms with Gasteiger partial charge in [-0.3, -0.25) is 14.3 Å². The van der Waals surface area contributed by atoms with Gasteiger partial charge in [-0.25, -0.2) is 18.2 Å². The maximum absolute atomic E-state index is 12.1. The van der Waals surface area contributed by atoms with Gasteiger partial charge in [0.05, 0.1) is 6.61 Å². The number of hydrogen-bond acceptors (Lipinski definition) is 11. The van der Waals surface area contributed by atoms with Crippen LogP contribution in [0, 0.1) is 0 Å². The summed E-state index contributed by atoms with van der Waals surface area (Å²) in [4.78, 5) is 61.6. The maximum atomic E-state index is 12.1. The molecule has 1 aromatic rings. The van der Waals surface area contributed by atoms with E-state index in [0.717, 1.165) is 16.8 Å². The van der Waals surface area contributed by atoms with E-state index in [0.29, 0.717) is 0 Å². The Morgan fingerprint density at radius 1 is 1.31 bits per heavy atom. The number of aromatic amines is 1. The second-order valence-corrected chi connectivity index (χ2v) is 12.3. The van der Waals surface area contributed by atoms with Gasteiger partial charge in [-0.1, -0.05) is 6.58 Å². The molecular weight excluding hydrogens is 521 g/mol. The van der Waals surface area contributed by atoms with Gasteiger partial charge in [0.25, 0.3) is 5.56 Å². The van der Waals surface area contributed by atoms with Gasteiger partial charge in [0.2, 0.25) is 0 Å². The number of nitrogens with one attached hydrogen (secondary N) is 1. The molecule has 0 aliphatic carbocycles. The van der Waals surface area contributed by atoms with Gasteiger partial charge in [0, 0.05) is 12.3 Å². The third-order valence-corrected chi connectivity index (χ3v) is 8.81. The molecule has 1 aliphatic rings. The lowest BCUT2D eigenvalue weighted by molar-refractivity contribution is -0.0869. The smallest absolute Gasteiger partial charge is 0.387 e. The summed E-state index contributed by atoms with van der Waals surface area (Å²) in [6, 6.07) is 0.945. The minimum Gasteiger partial charge on any atom is -0.387 e. The molecule has 2 heterocycles. The van der Waals surface area contributed by atoms with E-state index in [2.05, 4.69) is 27.0 Å². The van der Waals surface area contributed by atoms with Crippen LogP contribution in [-0.4, -0.2) is 63.8 Å². The molecule has 2 rings (SSSR count). The average Bonchev–Trinajstić information content (AvgIpc) is 2.83. The molecule has 0 saturated carbocycles. The van der Waals surface area contributed by atoms with Crippen LogP contribution in [0.3, 0.4) is 0 Å². The van der Waals surface area contributed by atoms with Crippen molar-refractivity contribution in [3.63, 3.8) is 0 Å². The summed E-state index contributed by atoms with van der Waals surface area (Å²) in [5, 5.41) is 21.5. The van der Waals surface area contributed by atoms with Crippen molar-refractivity contribution in [2.75, 3.05) is 6.61 Å². The quantitative estimate of drug-likeness (QED) is 0.140. The Kier molecular flexibility index (Phi) is 8.05. The minimum atomic E-state index is -5.56. The van der Waals surface area contributed by atoms with Gasteiger partial charge in [0.1, 0.15) is 12.2 Å². The van der Waals surface area contributed by atoms with Gasteiger partial charge in [-0.05, 0) is 24.3 Å². The summed E-state index contributed by atoms with van der Waals surface area (Å²) in [5.74, 6) is 0. The van der Waals surface area contributed by atoms with Crippen LogP contribution < -0.4 is 11.2 Å². The second kappa shape index (κ2) is 9.41. The number of rotatable bonds is 9. The van der Waals surface area contributed by atoms with Crippen molar-refractivity contribution in [2.24, 2.45) is 0 Å². The van der Waals surface area contributed by atoms with Crippen molar-refractivity contribution in [1.82, 2.24) is 9.55 Å². The first-order valence-corrected chi connectivity index (χ1v) is 13.8. The Hall–Kier alpha value is -0.870. The predicted octanol–water partition coefficient (Wildman–Crippen LogP) is -1.44. The Labute approximate surface area is 183 Å². The topological polar surface area (TPSA) is 247 Å². The molecule has 7 N–H and O–H groups in total. The molecule has 0 bridgehead atoms. The summed E-state index contributed by atoms with van der Waals surface area (Å²) < 4.78 is 40.7. The van der Waals surface area contributed by atoms with Crippen LogP contribution in [0.4, 0.5) is 0 Å². The normalized spacial score (nSPS) is 29.9. The highest BCUT2D eigenvalue weighted by molar-refractivity contribution is 8.08. The van der Waals surface area contributed by atoms with Crippen molar-refractivity contribution in [3.8, 4) is 0 Å². The zero-order valence-electron chi connectivity index (χ0n) is 15.9. The minimum absolute atomic E-state index is 0.0646. The molecule has 182 valence electrons. The number of phosphoric acid groups is 2. The van der Waals surface area contributed by atoms with Crippen molar-refractivity contribution >= 4 is 34.2 Å². The first-order valence-electron chi connectivity index (χ1n) is 8.20. The molecule has 1 saturated heterocycles. The number of hydrogen-bond donors (Lipinski definition) is 7. The standard InChI is InChI=1S/C12H19N2O14P3S/c1-6(2)12(18)9(16)7(26-10(12)14-4-3-8(15)13-11(14)17)5-25-31(24,32)28-30(22,23)27-29(19,20)21/h3-4,7,9-10,16,18H,1,5H2,2H3,(H,22,23)(H,24,32)(H,13,15,17)(H2,19,20,21)/t7-,9-,10?,12-,31+/m1/s1. The van der Waals surface area contributed by atoms with Crippen LogP contribution in [0.15, 0.2) is 34.0 Å².